The number of aryl methyl sites for hydroxylation is 1. The Kier molecular flexibility index (Phi) is 5.00. The Hall–Kier alpha value is -2.85. The first-order valence-corrected chi connectivity index (χ1v) is 14.1. The molecule has 1 atom stereocenters. The molecule has 6 rings (SSSR count). The van der Waals surface area contributed by atoms with Crippen LogP contribution in [0.4, 0.5) is 0 Å². The molecule has 0 spiro atoms. The highest BCUT2D eigenvalue weighted by Gasteiger charge is 2.34. The molecule has 1 amide bonds. The summed E-state index contributed by atoms with van der Waals surface area (Å²) < 4.78 is 27.1. The van der Waals surface area contributed by atoms with E-state index < -0.39 is 9.84 Å². The molecule has 3 aromatic heterocycles. The van der Waals surface area contributed by atoms with Gasteiger partial charge in [-0.2, -0.15) is 5.10 Å². The van der Waals surface area contributed by atoms with Gasteiger partial charge in [-0.25, -0.2) is 23.1 Å². The third-order valence-electron chi connectivity index (χ3n) is 6.69. The molecular weight excluding hydrogens is 470 g/mol. The van der Waals surface area contributed by atoms with Gasteiger partial charge in [0.15, 0.2) is 15.5 Å². The largest absolute Gasteiger partial charge is 0.335 e. The van der Waals surface area contributed by atoms with Crippen molar-refractivity contribution in [2.75, 3.05) is 18.6 Å². The SMILES string of the molecule is Cc1nn(C2CCS(=O)(=O)C2)c2nc(C3CC3)cc(C(=O)N(C)Cc3nc4ccccc4s3)c12. The molecular formula is C24H25N5O3S2. The Morgan fingerprint density at radius 2 is 2.00 bits per heavy atom. The minimum absolute atomic E-state index is 0.0688. The normalized spacial score (nSPS) is 19.8. The number of hydrogen-bond acceptors (Lipinski definition) is 7. The molecule has 1 aliphatic heterocycles. The van der Waals surface area contributed by atoms with Crippen molar-refractivity contribution in [3.05, 3.63) is 52.3 Å². The van der Waals surface area contributed by atoms with Crippen LogP contribution in [-0.4, -0.2) is 57.5 Å². The van der Waals surface area contributed by atoms with E-state index >= 15 is 0 Å². The van der Waals surface area contributed by atoms with Crippen LogP contribution >= 0.6 is 11.3 Å². The number of hydrogen-bond donors (Lipinski definition) is 0. The second-order valence-corrected chi connectivity index (χ2v) is 12.7. The molecule has 4 aromatic rings. The van der Waals surface area contributed by atoms with Gasteiger partial charge in [0.25, 0.3) is 5.91 Å². The lowest BCUT2D eigenvalue weighted by Crippen LogP contribution is -2.26. The summed E-state index contributed by atoms with van der Waals surface area (Å²) in [7, 11) is -1.28. The third kappa shape index (κ3) is 3.78. The van der Waals surface area contributed by atoms with Crippen LogP contribution in [0.1, 0.15) is 58.0 Å². The monoisotopic (exact) mass is 495 g/mol. The lowest BCUT2D eigenvalue weighted by Gasteiger charge is -2.17. The first-order valence-electron chi connectivity index (χ1n) is 11.5. The zero-order chi connectivity index (χ0) is 23.6. The van der Waals surface area contributed by atoms with Gasteiger partial charge >= 0.3 is 0 Å². The van der Waals surface area contributed by atoms with Crippen LogP contribution < -0.4 is 0 Å². The van der Waals surface area contributed by atoms with Crippen molar-refractivity contribution in [1.29, 1.82) is 0 Å². The summed E-state index contributed by atoms with van der Waals surface area (Å²) in [4.78, 5) is 25.0. The topological polar surface area (TPSA) is 98.0 Å². The molecule has 0 N–H and O–H groups in total. The number of pyridine rings is 1. The number of para-hydroxylation sites is 1. The number of rotatable bonds is 5. The summed E-state index contributed by atoms with van der Waals surface area (Å²) in [5, 5.41) is 6.28. The molecule has 1 saturated heterocycles. The summed E-state index contributed by atoms with van der Waals surface area (Å²) in [5.74, 6) is 0.480. The summed E-state index contributed by atoms with van der Waals surface area (Å²) >= 11 is 1.59. The van der Waals surface area contributed by atoms with Crippen molar-refractivity contribution in [2.24, 2.45) is 0 Å². The highest BCUT2D eigenvalue weighted by molar-refractivity contribution is 7.91. The van der Waals surface area contributed by atoms with Crippen molar-refractivity contribution in [2.45, 2.75) is 44.7 Å². The van der Waals surface area contributed by atoms with Gasteiger partial charge < -0.3 is 4.90 Å². The maximum Gasteiger partial charge on any atom is 0.254 e. The fourth-order valence-corrected chi connectivity index (χ4v) is 7.49. The lowest BCUT2D eigenvalue weighted by atomic mass is 10.1. The highest BCUT2D eigenvalue weighted by Crippen LogP contribution is 2.41. The second kappa shape index (κ2) is 7.84. The maximum atomic E-state index is 13.7. The number of fused-ring (bicyclic) bond motifs is 2. The number of carbonyl (C=O) groups is 1. The Labute approximate surface area is 201 Å². The average Bonchev–Trinajstić information content (AvgIpc) is 3.37. The fourth-order valence-electron chi connectivity index (χ4n) is 4.78. The molecule has 10 heteroatoms. The molecule has 8 nitrogen and oxygen atoms in total. The third-order valence-corrected chi connectivity index (χ3v) is 9.47. The van der Waals surface area contributed by atoms with E-state index in [0.717, 1.165) is 39.1 Å². The number of carbonyl (C=O) groups excluding carboxylic acids is 1. The van der Waals surface area contributed by atoms with Gasteiger partial charge in [-0.15, -0.1) is 11.3 Å². The molecule has 2 aliphatic rings. The molecule has 1 unspecified atom stereocenters. The van der Waals surface area contributed by atoms with Crippen LogP contribution in [0.25, 0.3) is 21.3 Å². The molecule has 0 bridgehead atoms. The fraction of sp³-hybridized carbons (Fsp3) is 0.417. The van der Waals surface area contributed by atoms with E-state index in [1.165, 1.54) is 0 Å². The van der Waals surface area contributed by atoms with Crippen LogP contribution in [0.2, 0.25) is 0 Å². The van der Waals surface area contributed by atoms with Crippen LogP contribution in [0.3, 0.4) is 0 Å². The Morgan fingerprint density at radius 1 is 1.21 bits per heavy atom. The van der Waals surface area contributed by atoms with E-state index in [0.29, 0.717) is 35.8 Å². The van der Waals surface area contributed by atoms with Crippen LogP contribution in [0, 0.1) is 6.92 Å². The summed E-state index contributed by atoms with van der Waals surface area (Å²) in [6, 6.07) is 9.64. The van der Waals surface area contributed by atoms with E-state index in [4.69, 9.17) is 4.98 Å². The van der Waals surface area contributed by atoms with E-state index in [2.05, 4.69) is 10.1 Å². The van der Waals surface area contributed by atoms with Crippen molar-refractivity contribution < 1.29 is 13.2 Å². The number of aromatic nitrogens is 4. The minimum atomic E-state index is -3.07. The molecule has 1 saturated carbocycles. The van der Waals surface area contributed by atoms with Gasteiger partial charge in [-0.05, 0) is 44.4 Å². The molecule has 1 aliphatic carbocycles. The molecule has 1 aromatic carbocycles. The summed E-state index contributed by atoms with van der Waals surface area (Å²) in [6.45, 7) is 2.28. The van der Waals surface area contributed by atoms with E-state index in [1.807, 2.05) is 37.3 Å². The van der Waals surface area contributed by atoms with Gasteiger partial charge in [-0.3, -0.25) is 4.79 Å². The Bertz CT molecular complexity index is 1520. The average molecular weight is 496 g/mol. The number of thiazole rings is 1. The molecule has 2 fully saturated rings. The second-order valence-electron chi connectivity index (χ2n) is 9.39. The van der Waals surface area contributed by atoms with E-state index in [9.17, 15) is 13.2 Å². The van der Waals surface area contributed by atoms with Gasteiger partial charge in [0, 0.05) is 18.7 Å². The molecule has 4 heterocycles. The maximum absolute atomic E-state index is 13.7. The van der Waals surface area contributed by atoms with E-state index in [1.54, 1.807) is 28.0 Å². The van der Waals surface area contributed by atoms with Crippen LogP contribution in [-0.2, 0) is 16.4 Å². The smallest absolute Gasteiger partial charge is 0.254 e. The molecule has 34 heavy (non-hydrogen) atoms. The molecule has 176 valence electrons. The van der Waals surface area contributed by atoms with Gasteiger partial charge in [0.2, 0.25) is 0 Å². The lowest BCUT2D eigenvalue weighted by molar-refractivity contribution is 0.0786. The van der Waals surface area contributed by atoms with Crippen LogP contribution in [0.15, 0.2) is 30.3 Å². The van der Waals surface area contributed by atoms with Gasteiger partial charge in [0.1, 0.15) is 5.01 Å². The predicted molar refractivity (Wildman–Crippen MR) is 132 cm³/mol. The van der Waals surface area contributed by atoms with Crippen molar-refractivity contribution >= 4 is 48.3 Å². The number of nitrogens with zero attached hydrogens (tertiary/aromatic N) is 5. The first kappa shape index (κ1) is 21.7. The highest BCUT2D eigenvalue weighted by atomic mass is 32.2. The number of sulfone groups is 1. The zero-order valence-corrected chi connectivity index (χ0v) is 20.7. The predicted octanol–water partition coefficient (Wildman–Crippen LogP) is 3.86. The minimum Gasteiger partial charge on any atom is -0.335 e. The van der Waals surface area contributed by atoms with Gasteiger partial charge in [0.05, 0.1) is 51.0 Å². The quantitative estimate of drug-likeness (QED) is 0.417. The summed E-state index contributed by atoms with van der Waals surface area (Å²) in [6.07, 6.45) is 2.63. The summed E-state index contributed by atoms with van der Waals surface area (Å²) in [5.41, 5.74) is 3.74. The van der Waals surface area contributed by atoms with Crippen molar-refractivity contribution in [3.63, 3.8) is 0 Å². The number of benzene rings is 1. The Morgan fingerprint density at radius 3 is 2.71 bits per heavy atom. The standard InChI is InChI=1S/C24H25N5O3S2/c1-14-22-17(24(30)28(2)12-21-25-18-5-3-4-6-20(18)33-21)11-19(15-7-8-15)26-23(22)29(27-14)16-9-10-34(31,32)13-16/h3-6,11,15-16H,7-10,12-13H2,1-2H3. The van der Waals surface area contributed by atoms with Crippen molar-refractivity contribution in [3.8, 4) is 0 Å². The van der Waals surface area contributed by atoms with Gasteiger partial charge in [-0.1, -0.05) is 12.1 Å². The van der Waals surface area contributed by atoms with Crippen LogP contribution in [0.5, 0.6) is 0 Å². The number of amides is 1. The zero-order valence-electron chi connectivity index (χ0n) is 19.1. The van der Waals surface area contributed by atoms with E-state index in [-0.39, 0.29) is 23.5 Å². The Balaban J connectivity index is 1.39. The molecule has 0 radical (unpaired) electrons. The van der Waals surface area contributed by atoms with Crippen molar-refractivity contribution in [1.82, 2.24) is 24.6 Å². The first-order chi connectivity index (χ1) is 16.3.